The number of ether oxygens (including phenoxy) is 4. The van der Waals surface area contributed by atoms with E-state index in [1.54, 1.807) is 58.9 Å². The lowest BCUT2D eigenvalue weighted by molar-refractivity contribution is -0.385. The van der Waals surface area contributed by atoms with Gasteiger partial charge in [-0.1, -0.05) is 30.3 Å². The van der Waals surface area contributed by atoms with E-state index in [4.69, 9.17) is 18.9 Å². The van der Waals surface area contributed by atoms with E-state index in [0.717, 1.165) is 23.8 Å². The highest BCUT2D eigenvalue weighted by Gasteiger charge is 2.34. The predicted octanol–water partition coefficient (Wildman–Crippen LogP) is 3.95. The molecule has 37 heavy (non-hydrogen) atoms. The molecule has 2 aromatic carbocycles. The summed E-state index contributed by atoms with van der Waals surface area (Å²) >= 11 is 0. The van der Waals surface area contributed by atoms with Gasteiger partial charge in [0.1, 0.15) is 22.9 Å². The minimum atomic E-state index is -4.37. The van der Waals surface area contributed by atoms with E-state index < -0.39 is 38.8 Å². The van der Waals surface area contributed by atoms with Gasteiger partial charge in [-0.25, -0.2) is 13.1 Å². The fraction of sp³-hybridized carbons (Fsp3) is 0.480. The van der Waals surface area contributed by atoms with Crippen LogP contribution in [0.5, 0.6) is 5.75 Å². The second-order valence-electron chi connectivity index (χ2n) is 8.96. The molecule has 2 aromatic rings. The molecule has 0 fully saturated rings. The number of hydrogen-bond donors (Lipinski definition) is 1. The molecule has 0 heterocycles. The summed E-state index contributed by atoms with van der Waals surface area (Å²) in [4.78, 5) is 22.9. The number of non-ortho nitro benzene ring substituents is 1. The first kappa shape index (κ1) is 30.2. The minimum Gasteiger partial charge on any atom is -0.487 e. The van der Waals surface area contributed by atoms with Gasteiger partial charge in [0.25, 0.3) is 5.69 Å². The second-order valence-corrected chi connectivity index (χ2v) is 10.6. The van der Waals surface area contributed by atoms with Crippen LogP contribution in [0.15, 0.2) is 53.4 Å². The molecule has 0 spiro atoms. The number of carbonyl (C=O) groups excluding carboxylic acids is 1. The molecule has 0 unspecified atom stereocenters. The summed E-state index contributed by atoms with van der Waals surface area (Å²) in [7, 11) is -4.37. The third-order valence-electron chi connectivity index (χ3n) is 4.77. The third kappa shape index (κ3) is 9.73. The van der Waals surface area contributed by atoms with Crippen LogP contribution in [0.1, 0.15) is 46.6 Å². The lowest BCUT2D eigenvalue weighted by atomic mass is 10.1. The lowest BCUT2D eigenvalue weighted by Gasteiger charge is -2.28. The van der Waals surface area contributed by atoms with Gasteiger partial charge < -0.3 is 18.9 Å². The van der Waals surface area contributed by atoms with E-state index in [0.29, 0.717) is 0 Å². The van der Waals surface area contributed by atoms with Gasteiger partial charge in [-0.15, -0.1) is 0 Å². The van der Waals surface area contributed by atoms with Crippen LogP contribution in [0.4, 0.5) is 5.69 Å². The van der Waals surface area contributed by atoms with Crippen LogP contribution in [0.2, 0.25) is 0 Å². The summed E-state index contributed by atoms with van der Waals surface area (Å²) in [6.45, 7) is 8.86. The maximum Gasteiger partial charge on any atom is 0.308 e. The first-order valence-corrected chi connectivity index (χ1v) is 13.3. The number of nitro benzene ring substituents is 1. The highest BCUT2D eigenvalue weighted by Crippen LogP contribution is 2.30. The number of nitro groups is 1. The summed E-state index contributed by atoms with van der Waals surface area (Å²) in [5.41, 5.74) is -0.390. The van der Waals surface area contributed by atoms with E-state index in [1.807, 2.05) is 6.07 Å². The number of hydrogen-bond acceptors (Lipinski definition) is 9. The van der Waals surface area contributed by atoms with Gasteiger partial charge >= 0.3 is 5.97 Å². The van der Waals surface area contributed by atoms with Crippen molar-refractivity contribution in [2.45, 2.75) is 70.5 Å². The molecule has 204 valence electrons. The quantitative estimate of drug-likeness (QED) is 0.164. The first-order valence-electron chi connectivity index (χ1n) is 11.8. The molecular formula is C25H34N2O9S. The highest BCUT2D eigenvalue weighted by molar-refractivity contribution is 7.89. The van der Waals surface area contributed by atoms with Gasteiger partial charge in [0.2, 0.25) is 10.0 Å². The van der Waals surface area contributed by atoms with Crippen molar-refractivity contribution >= 4 is 21.7 Å². The van der Waals surface area contributed by atoms with Crippen LogP contribution in [-0.4, -0.2) is 50.5 Å². The van der Waals surface area contributed by atoms with Crippen molar-refractivity contribution in [3.8, 4) is 5.75 Å². The van der Waals surface area contributed by atoms with Gasteiger partial charge in [0.05, 0.1) is 23.5 Å². The number of carbonyl (C=O) groups is 1. The topological polar surface area (TPSA) is 143 Å². The molecule has 11 nitrogen and oxygen atoms in total. The summed E-state index contributed by atoms with van der Waals surface area (Å²) in [6, 6.07) is 11.0. The molecule has 0 aliphatic rings. The van der Waals surface area contributed by atoms with Crippen LogP contribution in [0.25, 0.3) is 0 Å². The Balaban J connectivity index is 2.42. The van der Waals surface area contributed by atoms with Gasteiger partial charge in [-0.2, -0.15) is 0 Å². The van der Waals surface area contributed by atoms with Crippen molar-refractivity contribution < 1.29 is 37.1 Å². The fourth-order valence-corrected chi connectivity index (χ4v) is 4.66. The Morgan fingerprint density at radius 1 is 1.05 bits per heavy atom. The Morgan fingerprint density at radius 3 is 2.22 bits per heavy atom. The molecule has 12 heteroatoms. The molecule has 1 atom stereocenters. The molecule has 0 radical (unpaired) electrons. The average Bonchev–Trinajstić information content (AvgIpc) is 2.81. The Labute approximate surface area is 217 Å². The lowest BCUT2D eigenvalue weighted by Crippen LogP contribution is -2.47. The summed E-state index contributed by atoms with van der Waals surface area (Å²) in [5.74, 6) is -0.875. The molecule has 0 bridgehead atoms. The standard InChI is InChI=1S/C25H34N2O9S/c1-6-33-24(34-7-2)20(16-23(28)36-25(3,4)5)26-37(31,32)22-14-13-19(27(29)30)15-21(22)35-17-18-11-9-8-10-12-18/h8-15,20,24,26H,6-7,16-17H2,1-5H3/t20-/m0/s1. The van der Waals surface area contributed by atoms with E-state index in [2.05, 4.69) is 4.72 Å². The molecule has 0 saturated heterocycles. The van der Waals surface area contributed by atoms with Crippen molar-refractivity contribution in [1.82, 2.24) is 4.72 Å². The zero-order valence-corrected chi connectivity index (χ0v) is 22.4. The summed E-state index contributed by atoms with van der Waals surface area (Å²) in [6.07, 6.45) is -1.47. The molecule has 2 rings (SSSR count). The van der Waals surface area contributed by atoms with Crippen LogP contribution < -0.4 is 9.46 Å². The van der Waals surface area contributed by atoms with Crippen molar-refractivity contribution in [3.63, 3.8) is 0 Å². The van der Waals surface area contributed by atoms with E-state index in [-0.39, 0.29) is 42.6 Å². The molecular weight excluding hydrogens is 504 g/mol. The molecule has 0 aliphatic carbocycles. The molecule has 0 aliphatic heterocycles. The second kappa shape index (κ2) is 13.5. The minimum absolute atomic E-state index is 0.0214. The summed E-state index contributed by atoms with van der Waals surface area (Å²) in [5, 5.41) is 11.3. The average molecular weight is 539 g/mol. The molecule has 0 saturated carbocycles. The summed E-state index contributed by atoms with van der Waals surface area (Å²) < 4.78 is 51.7. The molecule has 0 aromatic heterocycles. The van der Waals surface area contributed by atoms with Crippen LogP contribution in [0.3, 0.4) is 0 Å². The zero-order valence-electron chi connectivity index (χ0n) is 21.6. The number of nitrogens with one attached hydrogen (secondary N) is 1. The van der Waals surface area contributed by atoms with Crippen LogP contribution in [0, 0.1) is 10.1 Å². The largest absolute Gasteiger partial charge is 0.487 e. The Bertz CT molecular complexity index is 1140. The highest BCUT2D eigenvalue weighted by atomic mass is 32.2. The number of rotatable bonds is 14. The number of nitrogens with zero attached hydrogens (tertiary/aromatic N) is 1. The Kier molecular flexibility index (Phi) is 11.0. The monoisotopic (exact) mass is 538 g/mol. The SMILES string of the molecule is CCOC(OCC)[C@H](CC(=O)OC(C)(C)C)NS(=O)(=O)c1ccc([N+](=O)[O-])cc1OCc1ccccc1. The predicted molar refractivity (Wildman–Crippen MR) is 135 cm³/mol. The van der Waals surface area contributed by atoms with Crippen molar-refractivity contribution in [2.24, 2.45) is 0 Å². The Morgan fingerprint density at radius 2 is 1.68 bits per heavy atom. The zero-order chi connectivity index (χ0) is 27.6. The van der Waals surface area contributed by atoms with Crippen molar-refractivity contribution in [1.29, 1.82) is 0 Å². The van der Waals surface area contributed by atoms with Gasteiger partial charge in [0.15, 0.2) is 6.29 Å². The smallest absolute Gasteiger partial charge is 0.308 e. The number of benzene rings is 2. The van der Waals surface area contributed by atoms with Crippen LogP contribution >= 0.6 is 0 Å². The van der Waals surface area contributed by atoms with Gasteiger partial charge in [-0.3, -0.25) is 14.9 Å². The van der Waals surface area contributed by atoms with Gasteiger partial charge in [-0.05, 0) is 46.2 Å². The number of sulfonamides is 1. The Hall–Kier alpha value is -3.06. The van der Waals surface area contributed by atoms with Crippen LogP contribution in [-0.2, 0) is 35.6 Å². The van der Waals surface area contributed by atoms with Gasteiger partial charge in [0, 0.05) is 19.3 Å². The first-order chi connectivity index (χ1) is 17.4. The maximum absolute atomic E-state index is 13.5. The normalized spacial score (nSPS) is 12.8. The maximum atomic E-state index is 13.5. The van der Waals surface area contributed by atoms with E-state index >= 15 is 0 Å². The number of esters is 1. The van der Waals surface area contributed by atoms with E-state index in [1.165, 1.54) is 0 Å². The molecule has 0 amide bonds. The van der Waals surface area contributed by atoms with Crippen molar-refractivity contribution in [3.05, 3.63) is 64.2 Å². The molecule has 1 N–H and O–H groups in total. The third-order valence-corrected chi connectivity index (χ3v) is 6.30. The van der Waals surface area contributed by atoms with Crippen molar-refractivity contribution in [2.75, 3.05) is 13.2 Å². The van der Waals surface area contributed by atoms with E-state index in [9.17, 15) is 23.3 Å². The fourth-order valence-electron chi connectivity index (χ4n) is 3.31.